The smallest absolute Gasteiger partial charge is 0.0292 e. The number of hydrogen-bond acceptors (Lipinski definition) is 2. The predicted molar refractivity (Wildman–Crippen MR) is 77.8 cm³/mol. The Kier molecular flexibility index (Phi) is 3.84. The number of thioether (sulfide) groups is 1. The van der Waals surface area contributed by atoms with Crippen LogP contribution in [0.4, 0.5) is 0 Å². The first-order chi connectivity index (χ1) is 8.04. The lowest BCUT2D eigenvalue weighted by Crippen LogP contribution is -2.28. The molecule has 1 aliphatic rings. The van der Waals surface area contributed by atoms with E-state index in [4.69, 9.17) is 0 Å². The summed E-state index contributed by atoms with van der Waals surface area (Å²) in [5.74, 6) is 0. The Hall–Kier alpha value is -0.470. The van der Waals surface area contributed by atoms with E-state index in [9.17, 15) is 0 Å². The summed E-state index contributed by atoms with van der Waals surface area (Å²) < 4.78 is 0.549. The molecule has 0 spiro atoms. The lowest BCUT2D eigenvalue weighted by Gasteiger charge is -2.19. The molecule has 1 nitrogen and oxygen atoms in total. The van der Waals surface area contributed by atoms with Gasteiger partial charge < -0.3 is 5.32 Å². The molecular formula is C15H23NS. The highest BCUT2D eigenvalue weighted by atomic mass is 32.2. The molecule has 1 aliphatic carbocycles. The summed E-state index contributed by atoms with van der Waals surface area (Å²) in [7, 11) is 0. The van der Waals surface area contributed by atoms with Crippen LogP contribution in [0, 0.1) is 13.8 Å². The number of hydrogen-bond donors (Lipinski definition) is 1. The van der Waals surface area contributed by atoms with Gasteiger partial charge >= 0.3 is 0 Å². The van der Waals surface area contributed by atoms with Crippen molar-refractivity contribution in [2.24, 2.45) is 0 Å². The fraction of sp³-hybridized carbons (Fsp3) is 0.600. The molecule has 2 heteroatoms. The second-order valence-electron chi connectivity index (χ2n) is 5.41. The molecule has 0 saturated heterocycles. The van der Waals surface area contributed by atoms with Gasteiger partial charge in [-0.15, -0.1) is 0 Å². The van der Waals surface area contributed by atoms with Crippen LogP contribution in [0.3, 0.4) is 0 Å². The maximum atomic E-state index is 3.69. The minimum absolute atomic E-state index is 0.457. The van der Waals surface area contributed by atoms with Gasteiger partial charge in [-0.05, 0) is 45.4 Å². The zero-order valence-electron chi connectivity index (χ0n) is 11.3. The number of nitrogens with one attached hydrogen (secondary N) is 1. The Morgan fingerprint density at radius 1 is 1.24 bits per heavy atom. The summed E-state index contributed by atoms with van der Waals surface area (Å²) in [6.45, 7) is 7.76. The van der Waals surface area contributed by atoms with E-state index in [-0.39, 0.29) is 0 Å². The third kappa shape index (κ3) is 3.26. The van der Waals surface area contributed by atoms with E-state index < -0.39 is 0 Å². The molecule has 1 aromatic carbocycles. The predicted octanol–water partition coefficient (Wildman–Crippen LogP) is 3.85. The molecule has 0 bridgehead atoms. The van der Waals surface area contributed by atoms with E-state index in [1.54, 1.807) is 0 Å². The summed E-state index contributed by atoms with van der Waals surface area (Å²) in [4.78, 5) is 0. The van der Waals surface area contributed by atoms with Crippen LogP contribution in [-0.2, 0) is 0 Å². The van der Waals surface area contributed by atoms with Crippen LogP contribution < -0.4 is 5.32 Å². The van der Waals surface area contributed by atoms with Gasteiger partial charge in [-0.1, -0.05) is 29.3 Å². The molecule has 1 aromatic rings. The lowest BCUT2D eigenvalue weighted by molar-refractivity contribution is 0.563. The zero-order valence-corrected chi connectivity index (χ0v) is 12.2. The third-order valence-corrected chi connectivity index (χ3v) is 5.13. The molecule has 94 valence electrons. The van der Waals surface area contributed by atoms with Crippen LogP contribution in [0.15, 0.2) is 18.2 Å². The fourth-order valence-corrected chi connectivity index (χ4v) is 3.05. The van der Waals surface area contributed by atoms with Crippen molar-refractivity contribution in [3.05, 3.63) is 34.9 Å². The normalized spacial score (nSPS) is 19.1. The molecule has 1 atom stereocenters. The molecule has 1 unspecified atom stereocenters. The van der Waals surface area contributed by atoms with Crippen molar-refractivity contribution in [1.82, 2.24) is 5.32 Å². The molecule has 0 aromatic heterocycles. The summed E-state index contributed by atoms with van der Waals surface area (Å²) in [6.07, 6.45) is 4.98. The SMILES string of the molecule is CSC1(CNC(C)c2cc(C)cc(C)c2)CC1. The van der Waals surface area contributed by atoms with Gasteiger partial charge in [0.15, 0.2) is 0 Å². The maximum absolute atomic E-state index is 3.69. The minimum atomic E-state index is 0.457. The van der Waals surface area contributed by atoms with Crippen molar-refractivity contribution < 1.29 is 0 Å². The van der Waals surface area contributed by atoms with E-state index in [2.05, 4.69) is 50.5 Å². The Morgan fingerprint density at radius 2 is 1.82 bits per heavy atom. The van der Waals surface area contributed by atoms with Crippen molar-refractivity contribution in [3.8, 4) is 0 Å². The molecule has 17 heavy (non-hydrogen) atoms. The van der Waals surface area contributed by atoms with Crippen LogP contribution in [0.25, 0.3) is 0 Å². The first kappa shape index (κ1) is 13.0. The number of benzene rings is 1. The molecule has 0 amide bonds. The molecule has 0 radical (unpaired) electrons. The third-order valence-electron chi connectivity index (χ3n) is 3.72. The Morgan fingerprint density at radius 3 is 2.29 bits per heavy atom. The first-order valence-corrected chi connectivity index (χ1v) is 7.64. The van der Waals surface area contributed by atoms with Gasteiger partial charge in [0.25, 0.3) is 0 Å². The highest BCUT2D eigenvalue weighted by Gasteiger charge is 2.41. The number of aryl methyl sites for hydroxylation is 2. The van der Waals surface area contributed by atoms with Gasteiger partial charge in [0.05, 0.1) is 0 Å². The second-order valence-corrected chi connectivity index (χ2v) is 6.69. The summed E-state index contributed by atoms with van der Waals surface area (Å²) in [5, 5.41) is 3.69. The highest BCUT2D eigenvalue weighted by Crippen LogP contribution is 2.46. The van der Waals surface area contributed by atoms with Crippen molar-refractivity contribution in [2.75, 3.05) is 12.8 Å². The average molecular weight is 249 g/mol. The Labute approximate surface area is 109 Å². The topological polar surface area (TPSA) is 12.0 Å². The standard InChI is InChI=1S/C15H23NS/c1-11-7-12(2)9-14(8-11)13(3)16-10-15(17-4)5-6-15/h7-9,13,16H,5-6,10H2,1-4H3. The van der Waals surface area contributed by atoms with Crippen LogP contribution in [0.5, 0.6) is 0 Å². The Bertz CT molecular complexity index is 376. The van der Waals surface area contributed by atoms with E-state index in [0.29, 0.717) is 10.8 Å². The van der Waals surface area contributed by atoms with E-state index in [0.717, 1.165) is 6.54 Å². The zero-order chi connectivity index (χ0) is 12.5. The van der Waals surface area contributed by atoms with Gasteiger partial charge in [-0.25, -0.2) is 0 Å². The van der Waals surface area contributed by atoms with E-state index in [1.165, 1.54) is 29.5 Å². The Balaban J connectivity index is 1.97. The second kappa shape index (κ2) is 5.03. The van der Waals surface area contributed by atoms with E-state index >= 15 is 0 Å². The largest absolute Gasteiger partial charge is 0.309 e. The molecule has 1 fully saturated rings. The van der Waals surface area contributed by atoms with Crippen LogP contribution in [-0.4, -0.2) is 17.5 Å². The van der Waals surface area contributed by atoms with Gasteiger partial charge in [-0.3, -0.25) is 0 Å². The minimum Gasteiger partial charge on any atom is -0.309 e. The quantitative estimate of drug-likeness (QED) is 0.850. The van der Waals surface area contributed by atoms with Gasteiger partial charge in [0, 0.05) is 17.3 Å². The molecule has 0 heterocycles. The van der Waals surface area contributed by atoms with Crippen LogP contribution >= 0.6 is 11.8 Å². The van der Waals surface area contributed by atoms with Crippen molar-refractivity contribution in [2.45, 2.75) is 44.4 Å². The molecular weight excluding hydrogens is 226 g/mol. The fourth-order valence-electron chi connectivity index (χ4n) is 2.31. The van der Waals surface area contributed by atoms with Crippen molar-refractivity contribution >= 4 is 11.8 Å². The molecule has 1 N–H and O–H groups in total. The van der Waals surface area contributed by atoms with Gasteiger partial charge in [0.2, 0.25) is 0 Å². The van der Waals surface area contributed by atoms with Crippen LogP contribution in [0.1, 0.15) is 42.5 Å². The highest BCUT2D eigenvalue weighted by molar-refractivity contribution is 8.00. The van der Waals surface area contributed by atoms with Gasteiger partial charge in [0.1, 0.15) is 0 Å². The monoisotopic (exact) mass is 249 g/mol. The summed E-state index contributed by atoms with van der Waals surface area (Å²) in [6, 6.07) is 7.28. The number of rotatable bonds is 5. The molecule has 0 aliphatic heterocycles. The van der Waals surface area contributed by atoms with Crippen molar-refractivity contribution in [1.29, 1.82) is 0 Å². The van der Waals surface area contributed by atoms with Crippen LogP contribution in [0.2, 0.25) is 0 Å². The average Bonchev–Trinajstić information content (AvgIpc) is 3.05. The maximum Gasteiger partial charge on any atom is 0.0292 e. The molecule has 1 saturated carbocycles. The molecule has 2 rings (SSSR count). The lowest BCUT2D eigenvalue weighted by atomic mass is 10.0. The van der Waals surface area contributed by atoms with Gasteiger partial charge in [-0.2, -0.15) is 11.8 Å². The summed E-state index contributed by atoms with van der Waals surface area (Å²) >= 11 is 2.02. The van der Waals surface area contributed by atoms with Crippen molar-refractivity contribution in [3.63, 3.8) is 0 Å². The first-order valence-electron chi connectivity index (χ1n) is 6.41. The summed E-state index contributed by atoms with van der Waals surface area (Å²) in [5.41, 5.74) is 4.14. The van der Waals surface area contributed by atoms with E-state index in [1.807, 2.05) is 11.8 Å².